The minimum Gasteiger partial charge on any atom is -0.300 e. The predicted molar refractivity (Wildman–Crippen MR) is 89.0 cm³/mol. The van der Waals surface area contributed by atoms with Crippen molar-refractivity contribution in [1.29, 1.82) is 0 Å². The van der Waals surface area contributed by atoms with Gasteiger partial charge in [0.05, 0.1) is 6.20 Å². The number of amidine groups is 1. The Balaban J connectivity index is 1.94. The number of hydrogen-bond acceptors (Lipinski definition) is 2. The van der Waals surface area contributed by atoms with Crippen LogP contribution in [0.15, 0.2) is 96.2 Å². The van der Waals surface area contributed by atoms with E-state index in [1.807, 2.05) is 47.5 Å². The highest BCUT2D eigenvalue weighted by Crippen LogP contribution is 2.38. The molecule has 0 unspecified atom stereocenters. The summed E-state index contributed by atoms with van der Waals surface area (Å²) in [5.41, 5.74) is 1.76. The first-order valence-electron chi connectivity index (χ1n) is 7.34. The molecular formula is C20H15N2. The maximum absolute atomic E-state index is 5.06. The highest BCUT2D eigenvalue weighted by molar-refractivity contribution is 5.96. The molecule has 0 saturated carbocycles. The van der Waals surface area contributed by atoms with Crippen LogP contribution in [0.1, 0.15) is 11.1 Å². The van der Waals surface area contributed by atoms with Crippen LogP contribution >= 0.6 is 0 Å². The lowest BCUT2D eigenvalue weighted by atomic mass is 9.82. The molecule has 0 aromatic heterocycles. The summed E-state index contributed by atoms with van der Waals surface area (Å²) in [6.45, 7) is 0. The zero-order chi connectivity index (χ0) is 14.8. The van der Waals surface area contributed by atoms with Gasteiger partial charge in [-0.15, -0.1) is 0 Å². The summed E-state index contributed by atoms with van der Waals surface area (Å²) < 4.78 is 0. The summed E-state index contributed by atoms with van der Waals surface area (Å²) in [5.74, 6) is 0.901. The predicted octanol–water partition coefficient (Wildman–Crippen LogP) is 4.04. The molecule has 0 bridgehead atoms. The Labute approximate surface area is 130 Å². The van der Waals surface area contributed by atoms with Crippen LogP contribution in [0.2, 0.25) is 0 Å². The minimum absolute atomic E-state index is 0.524. The molecule has 0 amide bonds. The van der Waals surface area contributed by atoms with Gasteiger partial charge >= 0.3 is 0 Å². The monoisotopic (exact) mass is 283 g/mol. The Morgan fingerprint density at radius 2 is 1.45 bits per heavy atom. The van der Waals surface area contributed by atoms with E-state index in [9.17, 15) is 0 Å². The van der Waals surface area contributed by atoms with Crippen LogP contribution in [0.3, 0.4) is 0 Å². The van der Waals surface area contributed by atoms with Crippen LogP contribution in [0.25, 0.3) is 0 Å². The van der Waals surface area contributed by atoms with Gasteiger partial charge < -0.3 is 4.90 Å². The largest absolute Gasteiger partial charge is 0.300 e. The Morgan fingerprint density at radius 1 is 0.818 bits per heavy atom. The second-order valence-corrected chi connectivity index (χ2v) is 5.31. The van der Waals surface area contributed by atoms with E-state index in [0.717, 1.165) is 17.0 Å². The number of benzene rings is 2. The molecule has 2 aliphatic rings. The first-order chi connectivity index (χ1) is 10.9. The lowest BCUT2D eigenvalue weighted by Crippen LogP contribution is -2.34. The van der Waals surface area contributed by atoms with Crippen molar-refractivity contribution >= 4 is 5.84 Å². The van der Waals surface area contributed by atoms with Gasteiger partial charge in [-0.05, 0) is 29.4 Å². The van der Waals surface area contributed by atoms with E-state index in [1.165, 1.54) is 0 Å². The Kier molecular flexibility index (Phi) is 3.01. The fourth-order valence-electron chi connectivity index (χ4n) is 2.86. The SMILES string of the molecule is [C]1=CC(c2ccccc2)(c2ccccc2)N=C2C=CC=CN12. The second kappa shape index (κ2) is 5.15. The van der Waals surface area contributed by atoms with Gasteiger partial charge in [-0.1, -0.05) is 66.7 Å². The lowest BCUT2D eigenvalue weighted by molar-refractivity contribution is 0.593. The summed E-state index contributed by atoms with van der Waals surface area (Å²) >= 11 is 0. The number of aliphatic imine (C=N–C) groups is 1. The van der Waals surface area contributed by atoms with Gasteiger partial charge in [0.25, 0.3) is 0 Å². The van der Waals surface area contributed by atoms with Gasteiger partial charge in [-0.25, -0.2) is 4.99 Å². The molecular weight excluding hydrogens is 268 g/mol. The number of rotatable bonds is 2. The summed E-state index contributed by atoms with van der Waals surface area (Å²) in [4.78, 5) is 6.98. The molecule has 1 radical (unpaired) electrons. The highest BCUT2D eigenvalue weighted by Gasteiger charge is 2.34. The van der Waals surface area contributed by atoms with Crippen LogP contribution < -0.4 is 0 Å². The molecule has 0 saturated heterocycles. The summed E-state index contributed by atoms with van der Waals surface area (Å²) in [6.07, 6.45) is 13.4. The van der Waals surface area contributed by atoms with E-state index in [0.29, 0.717) is 0 Å². The Morgan fingerprint density at radius 3 is 2.09 bits per heavy atom. The van der Waals surface area contributed by atoms with Gasteiger partial charge in [0.1, 0.15) is 11.4 Å². The number of allylic oxidation sites excluding steroid dienone is 2. The topological polar surface area (TPSA) is 15.6 Å². The van der Waals surface area contributed by atoms with E-state index >= 15 is 0 Å². The number of hydrogen-bond donors (Lipinski definition) is 0. The van der Waals surface area contributed by atoms with Crippen molar-refractivity contribution in [3.63, 3.8) is 0 Å². The maximum atomic E-state index is 5.06. The zero-order valence-electron chi connectivity index (χ0n) is 12.1. The molecule has 2 aliphatic heterocycles. The Hall–Kier alpha value is -2.87. The van der Waals surface area contributed by atoms with Gasteiger partial charge in [0.2, 0.25) is 0 Å². The molecule has 0 atom stereocenters. The Bertz CT molecular complexity index is 743. The van der Waals surface area contributed by atoms with Crippen molar-refractivity contribution in [3.8, 4) is 0 Å². The maximum Gasteiger partial charge on any atom is 0.133 e. The fraction of sp³-hybridized carbons (Fsp3) is 0.0500. The van der Waals surface area contributed by atoms with Crippen molar-refractivity contribution in [2.75, 3.05) is 0 Å². The normalized spacial score (nSPS) is 18.0. The van der Waals surface area contributed by atoms with Crippen LogP contribution in [-0.4, -0.2) is 10.7 Å². The number of fused-ring (bicyclic) bond motifs is 1. The first-order valence-corrected chi connectivity index (χ1v) is 7.34. The van der Waals surface area contributed by atoms with Crippen molar-refractivity contribution in [1.82, 2.24) is 4.90 Å². The molecule has 0 spiro atoms. The first kappa shape index (κ1) is 12.8. The minimum atomic E-state index is -0.524. The molecule has 4 rings (SSSR count). The average Bonchev–Trinajstić information content (AvgIpc) is 2.63. The third-order valence-corrected chi connectivity index (χ3v) is 3.97. The molecule has 2 heterocycles. The smallest absolute Gasteiger partial charge is 0.133 e. The standard InChI is InChI=1S/C20H15N2/c1-3-9-17(10-4-1)20(18-11-5-2-6-12-18)14-16-22-15-8-7-13-19(22)21-20/h1-15H. The van der Waals surface area contributed by atoms with Crippen LogP contribution in [0.4, 0.5) is 0 Å². The van der Waals surface area contributed by atoms with E-state index in [4.69, 9.17) is 4.99 Å². The molecule has 2 aromatic rings. The van der Waals surface area contributed by atoms with Gasteiger partial charge in [-0.2, -0.15) is 0 Å². The lowest BCUT2D eigenvalue weighted by Gasteiger charge is -2.34. The van der Waals surface area contributed by atoms with E-state index < -0.39 is 5.54 Å². The van der Waals surface area contributed by atoms with Crippen LogP contribution in [0.5, 0.6) is 0 Å². The van der Waals surface area contributed by atoms with E-state index in [1.54, 1.807) is 0 Å². The highest BCUT2D eigenvalue weighted by atomic mass is 15.2. The van der Waals surface area contributed by atoms with E-state index in [2.05, 4.69) is 54.7 Å². The molecule has 2 nitrogen and oxygen atoms in total. The van der Waals surface area contributed by atoms with Crippen molar-refractivity contribution in [2.24, 2.45) is 4.99 Å². The number of nitrogens with zero attached hydrogens (tertiary/aromatic N) is 2. The van der Waals surface area contributed by atoms with Crippen molar-refractivity contribution in [2.45, 2.75) is 5.54 Å². The van der Waals surface area contributed by atoms with Gasteiger partial charge in [0.15, 0.2) is 0 Å². The summed E-state index contributed by atoms with van der Waals surface area (Å²) in [6, 6.07) is 20.7. The van der Waals surface area contributed by atoms with Crippen LogP contribution in [0, 0.1) is 6.20 Å². The molecule has 105 valence electrons. The molecule has 22 heavy (non-hydrogen) atoms. The van der Waals surface area contributed by atoms with Gasteiger partial charge in [-0.3, -0.25) is 0 Å². The molecule has 0 N–H and O–H groups in total. The molecule has 2 aromatic carbocycles. The second-order valence-electron chi connectivity index (χ2n) is 5.31. The zero-order valence-corrected chi connectivity index (χ0v) is 12.1. The summed E-state index contributed by atoms with van der Waals surface area (Å²) in [7, 11) is 0. The van der Waals surface area contributed by atoms with Crippen LogP contribution in [-0.2, 0) is 5.54 Å². The van der Waals surface area contributed by atoms with Crippen molar-refractivity contribution < 1.29 is 0 Å². The molecule has 0 aliphatic carbocycles. The molecule has 0 fully saturated rings. The summed E-state index contributed by atoms with van der Waals surface area (Å²) in [5, 5.41) is 0. The van der Waals surface area contributed by atoms with Gasteiger partial charge in [0, 0.05) is 6.20 Å². The quantitative estimate of drug-likeness (QED) is 0.812. The third-order valence-electron chi connectivity index (χ3n) is 3.97. The molecule has 2 heteroatoms. The fourth-order valence-corrected chi connectivity index (χ4v) is 2.86. The van der Waals surface area contributed by atoms with E-state index in [-0.39, 0.29) is 0 Å². The third kappa shape index (κ3) is 2.01. The average molecular weight is 283 g/mol. The van der Waals surface area contributed by atoms with Crippen molar-refractivity contribution in [3.05, 3.63) is 108 Å².